The summed E-state index contributed by atoms with van der Waals surface area (Å²) < 4.78 is 29.6. The van der Waals surface area contributed by atoms with E-state index in [1.54, 1.807) is 15.8 Å². The molecule has 6 heteroatoms. The van der Waals surface area contributed by atoms with Gasteiger partial charge in [0.2, 0.25) is 0 Å². The first-order valence-corrected chi connectivity index (χ1v) is 7.81. The smallest absolute Gasteiger partial charge is 0.260 e. The van der Waals surface area contributed by atoms with Crippen molar-refractivity contribution in [3.8, 4) is 0 Å². The summed E-state index contributed by atoms with van der Waals surface area (Å²) >= 11 is 0. The minimum Gasteiger partial charge on any atom is -0.331 e. The predicted molar refractivity (Wildman–Crippen MR) is 81.8 cm³/mol. The van der Waals surface area contributed by atoms with Crippen molar-refractivity contribution in [2.45, 2.75) is 31.7 Å². The van der Waals surface area contributed by atoms with E-state index < -0.39 is 23.1 Å². The van der Waals surface area contributed by atoms with E-state index in [0.29, 0.717) is 6.54 Å². The Balaban J connectivity index is 1.98. The van der Waals surface area contributed by atoms with Crippen LogP contribution < -0.4 is 0 Å². The second-order valence-electron chi connectivity index (χ2n) is 5.91. The van der Waals surface area contributed by atoms with Crippen molar-refractivity contribution in [3.05, 3.63) is 53.4 Å². The molecular formula is C17H19F2N3O. The Morgan fingerprint density at radius 2 is 1.96 bits per heavy atom. The number of benzene rings is 1. The molecule has 1 aromatic carbocycles. The Labute approximate surface area is 133 Å². The van der Waals surface area contributed by atoms with Crippen molar-refractivity contribution in [1.29, 1.82) is 0 Å². The number of aryl methyl sites for hydroxylation is 1. The van der Waals surface area contributed by atoms with E-state index in [4.69, 9.17) is 0 Å². The van der Waals surface area contributed by atoms with Gasteiger partial charge in [0, 0.05) is 25.4 Å². The van der Waals surface area contributed by atoms with Gasteiger partial charge in [-0.05, 0) is 25.0 Å². The summed E-state index contributed by atoms with van der Waals surface area (Å²) in [5, 5.41) is 4.15. The third-order valence-electron chi connectivity index (χ3n) is 4.30. The number of halogens is 2. The molecule has 1 aromatic heterocycles. The molecule has 2 aromatic rings. The summed E-state index contributed by atoms with van der Waals surface area (Å²) in [6.07, 6.45) is 7.15. The van der Waals surface area contributed by atoms with Gasteiger partial charge < -0.3 is 4.90 Å². The molecule has 0 spiro atoms. The van der Waals surface area contributed by atoms with E-state index >= 15 is 0 Å². The number of carbonyl (C=O) groups is 1. The summed E-state index contributed by atoms with van der Waals surface area (Å²) in [5.41, 5.74) is 0.433. The molecule has 4 nitrogen and oxygen atoms in total. The minimum atomic E-state index is -0.816. The quantitative estimate of drug-likeness (QED) is 0.850. The minimum absolute atomic E-state index is 0.197. The number of hydrogen-bond donors (Lipinski definition) is 0. The van der Waals surface area contributed by atoms with E-state index in [2.05, 4.69) is 5.10 Å². The highest BCUT2D eigenvalue weighted by Gasteiger charge is 2.31. The van der Waals surface area contributed by atoms with Crippen LogP contribution in [0.15, 0.2) is 30.6 Å². The van der Waals surface area contributed by atoms with Gasteiger partial charge in [0.15, 0.2) is 0 Å². The first-order valence-electron chi connectivity index (χ1n) is 7.81. The summed E-state index contributed by atoms with van der Waals surface area (Å²) in [7, 11) is 1.81. The molecule has 0 radical (unpaired) electrons. The van der Waals surface area contributed by atoms with E-state index in [0.717, 1.165) is 43.4 Å². The van der Waals surface area contributed by atoms with E-state index in [1.807, 2.05) is 13.2 Å². The average Bonchev–Trinajstić information content (AvgIpc) is 2.80. The number of hydrogen-bond acceptors (Lipinski definition) is 2. The lowest BCUT2D eigenvalue weighted by Crippen LogP contribution is -2.35. The fourth-order valence-electron chi connectivity index (χ4n) is 3.16. The predicted octanol–water partition coefficient (Wildman–Crippen LogP) is 3.46. The van der Waals surface area contributed by atoms with Crippen LogP contribution in [-0.4, -0.2) is 27.1 Å². The van der Waals surface area contributed by atoms with E-state index in [-0.39, 0.29) is 6.04 Å². The van der Waals surface area contributed by atoms with Crippen molar-refractivity contribution in [1.82, 2.24) is 14.7 Å². The zero-order valence-corrected chi connectivity index (χ0v) is 13.0. The van der Waals surface area contributed by atoms with E-state index in [9.17, 15) is 13.6 Å². The van der Waals surface area contributed by atoms with Crippen LogP contribution in [0.4, 0.5) is 8.78 Å². The highest BCUT2D eigenvalue weighted by atomic mass is 19.1. The molecule has 0 N–H and O–H groups in total. The molecule has 1 atom stereocenters. The third kappa shape index (κ3) is 3.11. The first kappa shape index (κ1) is 15.6. The largest absolute Gasteiger partial charge is 0.331 e. The number of carbonyl (C=O) groups excluding carboxylic acids is 1. The van der Waals surface area contributed by atoms with Crippen molar-refractivity contribution >= 4 is 5.91 Å². The van der Waals surface area contributed by atoms with Crippen molar-refractivity contribution in [3.63, 3.8) is 0 Å². The molecule has 1 aliphatic heterocycles. The number of likely N-dealkylation sites (tertiary alicyclic amines) is 1. The highest BCUT2D eigenvalue weighted by molar-refractivity contribution is 5.95. The fraction of sp³-hybridized carbons (Fsp3) is 0.412. The van der Waals surface area contributed by atoms with Gasteiger partial charge in [-0.15, -0.1) is 0 Å². The number of aromatic nitrogens is 2. The number of nitrogens with zero attached hydrogens (tertiary/aromatic N) is 3. The second-order valence-corrected chi connectivity index (χ2v) is 5.91. The van der Waals surface area contributed by atoms with Crippen LogP contribution in [-0.2, 0) is 7.05 Å². The van der Waals surface area contributed by atoms with Crippen molar-refractivity contribution < 1.29 is 13.6 Å². The lowest BCUT2D eigenvalue weighted by atomic mass is 10.0. The monoisotopic (exact) mass is 319 g/mol. The zero-order valence-electron chi connectivity index (χ0n) is 13.0. The van der Waals surface area contributed by atoms with Crippen molar-refractivity contribution in [2.75, 3.05) is 6.54 Å². The van der Waals surface area contributed by atoms with Crippen LogP contribution in [0.5, 0.6) is 0 Å². The van der Waals surface area contributed by atoms with Crippen LogP contribution in [0.3, 0.4) is 0 Å². The zero-order chi connectivity index (χ0) is 16.4. The normalized spacial score (nSPS) is 18.7. The molecule has 23 heavy (non-hydrogen) atoms. The van der Waals surface area contributed by atoms with Gasteiger partial charge in [0.25, 0.3) is 5.91 Å². The fourth-order valence-corrected chi connectivity index (χ4v) is 3.16. The van der Waals surface area contributed by atoms with Gasteiger partial charge in [-0.2, -0.15) is 5.10 Å². The standard InChI is InChI=1S/C17H19F2N3O/c1-21-11-12(10-20-21)15-8-3-2-4-9-22(15)17(23)16-13(18)6-5-7-14(16)19/h5-7,10-11,15H,2-4,8-9H2,1H3. The molecular weight excluding hydrogens is 300 g/mol. The van der Waals surface area contributed by atoms with Gasteiger partial charge in [0.05, 0.1) is 12.2 Å². The maximum absolute atomic E-state index is 14.0. The maximum Gasteiger partial charge on any atom is 0.260 e. The average molecular weight is 319 g/mol. The molecule has 0 bridgehead atoms. The summed E-state index contributed by atoms with van der Waals surface area (Å²) in [6, 6.07) is 3.31. The lowest BCUT2D eigenvalue weighted by molar-refractivity contribution is 0.0671. The Morgan fingerprint density at radius 1 is 1.22 bits per heavy atom. The highest BCUT2D eigenvalue weighted by Crippen LogP contribution is 2.31. The van der Waals surface area contributed by atoms with E-state index in [1.165, 1.54) is 6.07 Å². The number of amides is 1. The van der Waals surface area contributed by atoms with Crippen LogP contribution in [0.2, 0.25) is 0 Å². The molecule has 1 unspecified atom stereocenters. The molecule has 0 saturated carbocycles. The lowest BCUT2D eigenvalue weighted by Gasteiger charge is -2.29. The van der Waals surface area contributed by atoms with Crippen LogP contribution >= 0.6 is 0 Å². The molecule has 1 aliphatic rings. The third-order valence-corrected chi connectivity index (χ3v) is 4.30. The second kappa shape index (κ2) is 6.48. The van der Waals surface area contributed by atoms with Crippen LogP contribution in [0, 0.1) is 11.6 Å². The molecule has 1 amide bonds. The molecule has 0 aliphatic carbocycles. The summed E-state index contributed by atoms with van der Waals surface area (Å²) in [6.45, 7) is 0.492. The molecule has 122 valence electrons. The van der Waals surface area contributed by atoms with Gasteiger partial charge in [-0.3, -0.25) is 9.48 Å². The van der Waals surface area contributed by atoms with Gasteiger partial charge in [0.1, 0.15) is 17.2 Å². The molecule has 2 heterocycles. The molecule has 3 rings (SSSR count). The number of rotatable bonds is 2. The molecule has 1 saturated heterocycles. The van der Waals surface area contributed by atoms with Gasteiger partial charge >= 0.3 is 0 Å². The van der Waals surface area contributed by atoms with Crippen LogP contribution in [0.1, 0.15) is 47.6 Å². The van der Waals surface area contributed by atoms with Gasteiger partial charge in [-0.1, -0.05) is 18.9 Å². The Kier molecular flexibility index (Phi) is 4.41. The Hall–Kier alpha value is -2.24. The van der Waals surface area contributed by atoms with Gasteiger partial charge in [-0.25, -0.2) is 8.78 Å². The van der Waals surface area contributed by atoms with Crippen molar-refractivity contribution in [2.24, 2.45) is 7.05 Å². The topological polar surface area (TPSA) is 38.1 Å². The SMILES string of the molecule is Cn1cc(C2CCCCCN2C(=O)c2c(F)cccc2F)cn1. The first-order chi connectivity index (χ1) is 11.1. The Morgan fingerprint density at radius 3 is 2.61 bits per heavy atom. The van der Waals surface area contributed by atoms with Crippen LogP contribution in [0.25, 0.3) is 0 Å². The maximum atomic E-state index is 14.0. The Bertz CT molecular complexity index is 693. The molecule has 1 fully saturated rings. The summed E-state index contributed by atoms with van der Waals surface area (Å²) in [5.74, 6) is -2.22. The summed E-state index contributed by atoms with van der Waals surface area (Å²) in [4.78, 5) is 14.4.